The lowest BCUT2D eigenvalue weighted by Gasteiger charge is -2.13. The van der Waals surface area contributed by atoms with Crippen LogP contribution >= 0.6 is 11.6 Å². The highest BCUT2D eigenvalue weighted by Gasteiger charge is 2.36. The lowest BCUT2D eigenvalue weighted by molar-refractivity contribution is -0.136. The molecule has 3 aromatic rings. The number of alkyl halides is 3. The molecule has 0 aliphatic rings. The molecule has 4 nitrogen and oxygen atoms in total. The van der Waals surface area contributed by atoms with E-state index in [1.54, 1.807) is 6.92 Å². The van der Waals surface area contributed by atoms with Crippen molar-refractivity contribution in [2.45, 2.75) is 24.6 Å². The summed E-state index contributed by atoms with van der Waals surface area (Å²) in [7, 11) is -4.33. The highest BCUT2D eigenvalue weighted by molar-refractivity contribution is 7.90. The molecule has 1 heterocycles. The fraction of sp³-hybridized carbons (Fsp3) is 0.176. The largest absolute Gasteiger partial charge is 0.418 e. The molecule has 26 heavy (non-hydrogen) atoms. The van der Waals surface area contributed by atoms with Crippen LogP contribution in [0.25, 0.3) is 10.9 Å². The second kappa shape index (κ2) is 6.29. The first kappa shape index (κ1) is 18.8. The highest BCUT2D eigenvalue weighted by atomic mass is 35.5. The monoisotopic (exact) mass is 403 g/mol. The lowest BCUT2D eigenvalue weighted by atomic mass is 10.1. The second-order valence-corrected chi connectivity index (χ2v) is 7.95. The van der Waals surface area contributed by atoms with Gasteiger partial charge in [-0.1, -0.05) is 23.7 Å². The quantitative estimate of drug-likeness (QED) is 0.707. The molecule has 1 N–H and O–H groups in total. The number of benzene rings is 2. The Hall–Kier alpha value is -2.03. The first-order valence-corrected chi connectivity index (χ1v) is 9.22. The third kappa shape index (κ3) is 2.98. The number of aliphatic hydroxyl groups is 1. The van der Waals surface area contributed by atoms with Crippen LogP contribution in [-0.4, -0.2) is 17.5 Å². The number of aliphatic hydroxyl groups excluding tert-OH is 1. The van der Waals surface area contributed by atoms with E-state index in [1.807, 2.05) is 0 Å². The van der Waals surface area contributed by atoms with Gasteiger partial charge in [0, 0.05) is 22.2 Å². The maximum atomic E-state index is 13.4. The fourth-order valence-corrected chi connectivity index (χ4v) is 4.36. The van der Waals surface area contributed by atoms with Gasteiger partial charge in [-0.3, -0.25) is 0 Å². The Morgan fingerprint density at radius 2 is 1.88 bits per heavy atom. The molecule has 138 valence electrons. The van der Waals surface area contributed by atoms with Crippen LogP contribution in [-0.2, 0) is 22.8 Å². The molecule has 2 aromatic carbocycles. The van der Waals surface area contributed by atoms with Crippen molar-refractivity contribution in [2.75, 3.05) is 0 Å². The minimum atomic E-state index is -4.76. The Morgan fingerprint density at radius 3 is 2.46 bits per heavy atom. The summed E-state index contributed by atoms with van der Waals surface area (Å²) in [6, 6.07) is 7.21. The molecule has 3 rings (SSSR count). The molecule has 0 spiro atoms. The van der Waals surface area contributed by atoms with E-state index >= 15 is 0 Å². The van der Waals surface area contributed by atoms with Gasteiger partial charge in [0.15, 0.2) is 0 Å². The number of nitrogens with zero attached hydrogens (tertiary/aromatic N) is 1. The van der Waals surface area contributed by atoms with Gasteiger partial charge in [0.25, 0.3) is 10.0 Å². The van der Waals surface area contributed by atoms with Crippen molar-refractivity contribution in [3.63, 3.8) is 0 Å². The van der Waals surface area contributed by atoms with Gasteiger partial charge in [-0.15, -0.1) is 0 Å². The van der Waals surface area contributed by atoms with E-state index in [2.05, 4.69) is 0 Å². The summed E-state index contributed by atoms with van der Waals surface area (Å²) in [6.45, 7) is 0.995. The molecule has 0 saturated heterocycles. The van der Waals surface area contributed by atoms with Gasteiger partial charge in [-0.05, 0) is 36.8 Å². The molecule has 0 bridgehead atoms. The molecule has 0 amide bonds. The summed E-state index contributed by atoms with van der Waals surface area (Å²) in [4.78, 5) is -0.197. The first-order chi connectivity index (χ1) is 12.1. The number of rotatable bonds is 3. The normalized spacial score (nSPS) is 12.7. The average Bonchev–Trinajstić information content (AvgIpc) is 2.95. The minimum Gasteiger partial charge on any atom is -0.392 e. The topological polar surface area (TPSA) is 59.3 Å². The Kier molecular flexibility index (Phi) is 4.54. The van der Waals surface area contributed by atoms with Crippen molar-refractivity contribution < 1.29 is 26.7 Å². The Labute approximate surface area is 152 Å². The van der Waals surface area contributed by atoms with Gasteiger partial charge in [-0.2, -0.15) is 13.2 Å². The smallest absolute Gasteiger partial charge is 0.392 e. The summed E-state index contributed by atoms with van der Waals surface area (Å²) in [6.07, 6.45) is -3.74. The van der Waals surface area contributed by atoms with Crippen molar-refractivity contribution >= 4 is 32.5 Å². The highest BCUT2D eigenvalue weighted by Crippen LogP contribution is 2.38. The molecular formula is C17H13ClF3NO3S. The van der Waals surface area contributed by atoms with E-state index in [-0.39, 0.29) is 15.8 Å². The molecule has 0 unspecified atom stereocenters. The molecule has 0 radical (unpaired) electrons. The van der Waals surface area contributed by atoms with Crippen LogP contribution in [0.3, 0.4) is 0 Å². The van der Waals surface area contributed by atoms with Crippen molar-refractivity contribution in [3.8, 4) is 0 Å². The number of para-hydroxylation sites is 1. The van der Waals surface area contributed by atoms with Gasteiger partial charge >= 0.3 is 6.18 Å². The standard InChI is InChI=1S/C17H13ClF3NO3S/c1-10-7-12(5-6-15(10)18)26(24,25)22-8-11(9-23)13-3-2-4-14(16(13)22)17(19,20)21/h2-8,23H,9H2,1H3. The van der Waals surface area contributed by atoms with Gasteiger partial charge in [0.1, 0.15) is 0 Å². The molecule has 0 saturated carbocycles. The molecule has 1 aromatic heterocycles. The predicted octanol–water partition coefficient (Wildman–Crippen LogP) is 4.35. The molecule has 0 aliphatic heterocycles. The average molecular weight is 404 g/mol. The minimum absolute atomic E-state index is 0.0246. The van der Waals surface area contributed by atoms with Crippen LogP contribution in [0.2, 0.25) is 5.02 Å². The number of aromatic nitrogens is 1. The van der Waals surface area contributed by atoms with Gasteiger partial charge in [0.2, 0.25) is 0 Å². The maximum Gasteiger partial charge on any atom is 0.418 e. The van der Waals surface area contributed by atoms with Crippen LogP contribution in [0.5, 0.6) is 0 Å². The number of hydrogen-bond acceptors (Lipinski definition) is 3. The summed E-state index contributed by atoms with van der Waals surface area (Å²) in [5, 5.41) is 9.82. The third-order valence-electron chi connectivity index (χ3n) is 4.04. The molecule has 0 atom stereocenters. The lowest BCUT2D eigenvalue weighted by Crippen LogP contribution is -2.15. The van der Waals surface area contributed by atoms with Crippen LogP contribution in [0.4, 0.5) is 13.2 Å². The fourth-order valence-electron chi connectivity index (χ4n) is 2.75. The third-order valence-corrected chi connectivity index (χ3v) is 6.12. The zero-order valence-corrected chi connectivity index (χ0v) is 15.0. The van der Waals surface area contributed by atoms with E-state index in [9.17, 15) is 26.7 Å². The Balaban J connectivity index is 2.39. The van der Waals surface area contributed by atoms with E-state index < -0.39 is 33.9 Å². The van der Waals surface area contributed by atoms with Crippen LogP contribution < -0.4 is 0 Å². The SMILES string of the molecule is Cc1cc(S(=O)(=O)n2cc(CO)c3cccc(C(F)(F)F)c32)ccc1Cl. The van der Waals surface area contributed by atoms with Crippen molar-refractivity contribution in [3.05, 3.63) is 64.3 Å². The van der Waals surface area contributed by atoms with Crippen molar-refractivity contribution in [1.29, 1.82) is 0 Å². The summed E-state index contributed by atoms with van der Waals surface area (Å²) in [5.74, 6) is 0. The van der Waals surface area contributed by atoms with E-state index in [0.29, 0.717) is 14.6 Å². The summed E-state index contributed by atoms with van der Waals surface area (Å²) >= 11 is 5.90. The first-order valence-electron chi connectivity index (χ1n) is 7.40. The van der Waals surface area contributed by atoms with Gasteiger partial charge in [-0.25, -0.2) is 12.4 Å². The van der Waals surface area contributed by atoms with E-state index in [0.717, 1.165) is 12.3 Å². The Bertz CT molecular complexity index is 1100. The molecule has 9 heteroatoms. The van der Waals surface area contributed by atoms with Gasteiger partial charge in [0.05, 0.1) is 22.6 Å². The second-order valence-electron chi connectivity index (χ2n) is 5.72. The Morgan fingerprint density at radius 1 is 1.19 bits per heavy atom. The molecule has 0 aliphatic carbocycles. The number of aryl methyl sites for hydroxylation is 1. The molecule has 0 fully saturated rings. The zero-order valence-electron chi connectivity index (χ0n) is 13.4. The number of hydrogen-bond donors (Lipinski definition) is 1. The predicted molar refractivity (Wildman–Crippen MR) is 91.6 cm³/mol. The maximum absolute atomic E-state index is 13.4. The van der Waals surface area contributed by atoms with E-state index in [1.165, 1.54) is 30.3 Å². The van der Waals surface area contributed by atoms with Crippen LogP contribution in [0.1, 0.15) is 16.7 Å². The zero-order chi connectivity index (χ0) is 19.3. The van der Waals surface area contributed by atoms with Crippen molar-refractivity contribution in [1.82, 2.24) is 3.97 Å². The van der Waals surface area contributed by atoms with Crippen LogP contribution in [0, 0.1) is 6.92 Å². The summed E-state index contributed by atoms with van der Waals surface area (Å²) < 4.78 is 66.8. The van der Waals surface area contributed by atoms with Gasteiger partial charge < -0.3 is 5.11 Å². The summed E-state index contributed by atoms with van der Waals surface area (Å²) in [5.41, 5.74) is -1.05. The number of fused-ring (bicyclic) bond motifs is 1. The number of halogens is 4. The molecular weight excluding hydrogens is 391 g/mol. The van der Waals surface area contributed by atoms with E-state index in [4.69, 9.17) is 11.6 Å². The van der Waals surface area contributed by atoms with Crippen molar-refractivity contribution in [2.24, 2.45) is 0 Å². The van der Waals surface area contributed by atoms with Crippen LogP contribution in [0.15, 0.2) is 47.5 Å².